The van der Waals surface area contributed by atoms with Crippen molar-refractivity contribution in [2.24, 2.45) is 0 Å². The predicted molar refractivity (Wildman–Crippen MR) is 111 cm³/mol. The van der Waals surface area contributed by atoms with Gasteiger partial charge < -0.3 is 10.1 Å². The molecule has 5 nitrogen and oxygen atoms in total. The molecule has 0 radical (unpaired) electrons. The summed E-state index contributed by atoms with van der Waals surface area (Å²) < 4.78 is 5.48. The third-order valence-electron chi connectivity index (χ3n) is 3.81. The van der Waals surface area contributed by atoms with Crippen molar-refractivity contribution in [3.8, 4) is 11.1 Å². The molecule has 0 unspecified atom stereocenters. The van der Waals surface area contributed by atoms with Crippen molar-refractivity contribution in [3.63, 3.8) is 0 Å². The number of benzene rings is 1. The van der Waals surface area contributed by atoms with Gasteiger partial charge in [-0.15, -0.1) is 11.3 Å². The van der Waals surface area contributed by atoms with Gasteiger partial charge in [0.15, 0.2) is 0 Å². The van der Waals surface area contributed by atoms with Crippen LogP contribution in [0.3, 0.4) is 0 Å². The number of carbonyl (C=O) groups is 2. The average Bonchev–Trinajstić information content (AvgIpc) is 3.10. The number of nitrogens with zero attached hydrogens (tertiary/aromatic N) is 1. The van der Waals surface area contributed by atoms with E-state index >= 15 is 0 Å². The van der Waals surface area contributed by atoms with Gasteiger partial charge in [0.2, 0.25) is 5.91 Å². The first-order chi connectivity index (χ1) is 13.5. The molecule has 1 N–H and O–H groups in total. The van der Waals surface area contributed by atoms with Crippen LogP contribution in [-0.2, 0) is 16.1 Å². The number of amides is 1. The molecule has 28 heavy (non-hydrogen) atoms. The Morgan fingerprint density at radius 3 is 2.54 bits per heavy atom. The topological polar surface area (TPSA) is 68.3 Å². The van der Waals surface area contributed by atoms with E-state index in [-0.39, 0.29) is 12.5 Å². The molecule has 0 aliphatic heterocycles. The fourth-order valence-corrected chi connectivity index (χ4v) is 3.55. The van der Waals surface area contributed by atoms with Crippen LogP contribution >= 0.6 is 11.3 Å². The lowest BCUT2D eigenvalue weighted by Crippen LogP contribution is -2.13. The SMILES string of the molecule is CC(C)=CC(=O)Nc1scc(-c2ccccc2)c1C(=O)OCc1ccccn1. The predicted octanol–water partition coefficient (Wildman–Crippen LogP) is 5.07. The highest BCUT2D eigenvalue weighted by atomic mass is 32.1. The number of anilines is 1. The molecule has 1 amide bonds. The minimum Gasteiger partial charge on any atom is -0.455 e. The molecule has 0 fully saturated rings. The van der Waals surface area contributed by atoms with Gasteiger partial charge in [-0.25, -0.2) is 4.79 Å². The number of carbonyl (C=O) groups excluding carboxylic acids is 2. The number of esters is 1. The number of nitrogens with one attached hydrogen (secondary N) is 1. The first-order valence-electron chi connectivity index (χ1n) is 8.74. The lowest BCUT2D eigenvalue weighted by molar-refractivity contribution is -0.111. The summed E-state index contributed by atoms with van der Waals surface area (Å²) in [7, 11) is 0. The van der Waals surface area contributed by atoms with Gasteiger partial charge in [0.05, 0.1) is 5.69 Å². The fourth-order valence-electron chi connectivity index (χ4n) is 2.59. The van der Waals surface area contributed by atoms with Crippen molar-refractivity contribution in [2.75, 3.05) is 5.32 Å². The molecule has 0 saturated heterocycles. The van der Waals surface area contributed by atoms with Gasteiger partial charge in [0.1, 0.15) is 17.2 Å². The maximum Gasteiger partial charge on any atom is 0.342 e. The van der Waals surface area contributed by atoms with Crippen LogP contribution < -0.4 is 5.32 Å². The van der Waals surface area contributed by atoms with Gasteiger partial charge in [-0.3, -0.25) is 9.78 Å². The van der Waals surface area contributed by atoms with Gasteiger partial charge >= 0.3 is 5.97 Å². The Labute approximate surface area is 167 Å². The van der Waals surface area contributed by atoms with Crippen LogP contribution in [-0.4, -0.2) is 16.9 Å². The van der Waals surface area contributed by atoms with Crippen molar-refractivity contribution in [3.05, 3.63) is 83.0 Å². The molecule has 0 spiro atoms. The quantitative estimate of drug-likeness (QED) is 0.470. The molecule has 1 aromatic carbocycles. The molecule has 2 aromatic heterocycles. The number of aromatic nitrogens is 1. The lowest BCUT2D eigenvalue weighted by atomic mass is 10.0. The smallest absolute Gasteiger partial charge is 0.342 e. The number of pyridine rings is 1. The number of hydrogen-bond donors (Lipinski definition) is 1. The molecule has 6 heteroatoms. The third-order valence-corrected chi connectivity index (χ3v) is 4.71. The summed E-state index contributed by atoms with van der Waals surface area (Å²) in [6, 6.07) is 15.0. The summed E-state index contributed by atoms with van der Waals surface area (Å²) in [5.74, 6) is -0.779. The molecule has 3 aromatic rings. The molecule has 0 aliphatic carbocycles. The normalized spacial score (nSPS) is 10.2. The highest BCUT2D eigenvalue weighted by Gasteiger charge is 2.22. The van der Waals surface area contributed by atoms with Gasteiger partial charge in [-0.2, -0.15) is 0 Å². The first kappa shape index (κ1) is 19.5. The van der Waals surface area contributed by atoms with Crippen molar-refractivity contribution < 1.29 is 14.3 Å². The second-order valence-electron chi connectivity index (χ2n) is 6.33. The molecule has 3 rings (SSSR count). The zero-order chi connectivity index (χ0) is 19.9. The fraction of sp³-hybridized carbons (Fsp3) is 0.136. The van der Waals surface area contributed by atoms with E-state index in [1.807, 2.05) is 55.6 Å². The van der Waals surface area contributed by atoms with E-state index in [9.17, 15) is 9.59 Å². The third kappa shape index (κ3) is 4.92. The van der Waals surface area contributed by atoms with E-state index in [2.05, 4.69) is 10.3 Å². The van der Waals surface area contributed by atoms with Crippen LogP contribution in [0.5, 0.6) is 0 Å². The standard InChI is InChI=1S/C22H20N2O3S/c1-15(2)12-19(25)24-21-20(18(14-28-21)16-8-4-3-5-9-16)22(26)27-13-17-10-6-7-11-23-17/h3-12,14H,13H2,1-2H3,(H,24,25). The minimum atomic E-state index is -0.502. The van der Waals surface area contributed by atoms with Crippen molar-refractivity contribution >= 4 is 28.2 Å². The number of ether oxygens (including phenoxy) is 1. The van der Waals surface area contributed by atoms with Crippen molar-refractivity contribution in [1.82, 2.24) is 4.98 Å². The molecule has 0 bridgehead atoms. The molecule has 0 aliphatic rings. The first-order valence-corrected chi connectivity index (χ1v) is 9.62. The zero-order valence-corrected chi connectivity index (χ0v) is 16.5. The average molecular weight is 392 g/mol. The van der Waals surface area contributed by atoms with E-state index in [0.29, 0.717) is 16.3 Å². The number of rotatable bonds is 6. The second-order valence-corrected chi connectivity index (χ2v) is 7.21. The summed E-state index contributed by atoms with van der Waals surface area (Å²) in [6.45, 7) is 3.74. The minimum absolute atomic E-state index is 0.0606. The lowest BCUT2D eigenvalue weighted by Gasteiger charge is -2.09. The van der Waals surface area contributed by atoms with Crippen LogP contribution in [0, 0.1) is 0 Å². The zero-order valence-electron chi connectivity index (χ0n) is 15.6. The summed E-state index contributed by atoms with van der Waals surface area (Å²) in [5.41, 5.74) is 3.48. The van der Waals surface area contributed by atoms with Gasteiger partial charge in [0, 0.05) is 23.2 Å². The van der Waals surface area contributed by atoms with Crippen molar-refractivity contribution in [1.29, 1.82) is 0 Å². The Balaban J connectivity index is 1.90. The Kier molecular flexibility index (Phi) is 6.34. The monoisotopic (exact) mass is 392 g/mol. The van der Waals surface area contributed by atoms with E-state index < -0.39 is 5.97 Å². The van der Waals surface area contributed by atoms with Crippen LogP contribution in [0.25, 0.3) is 11.1 Å². The molecule has 142 valence electrons. The molecule has 2 heterocycles. The highest BCUT2D eigenvalue weighted by molar-refractivity contribution is 7.15. The Morgan fingerprint density at radius 1 is 1.11 bits per heavy atom. The Hall–Kier alpha value is -3.25. The number of allylic oxidation sites excluding steroid dienone is 1. The van der Waals surface area contributed by atoms with Crippen LogP contribution in [0.2, 0.25) is 0 Å². The van der Waals surface area contributed by atoms with Crippen LogP contribution in [0.1, 0.15) is 29.9 Å². The number of hydrogen-bond acceptors (Lipinski definition) is 5. The van der Waals surface area contributed by atoms with E-state index in [1.54, 1.807) is 18.3 Å². The van der Waals surface area contributed by atoms with Gasteiger partial charge in [-0.05, 0) is 31.5 Å². The van der Waals surface area contributed by atoms with E-state index in [0.717, 1.165) is 16.7 Å². The van der Waals surface area contributed by atoms with E-state index in [1.165, 1.54) is 17.4 Å². The maximum absolute atomic E-state index is 12.9. The highest BCUT2D eigenvalue weighted by Crippen LogP contribution is 2.36. The van der Waals surface area contributed by atoms with E-state index in [4.69, 9.17) is 4.74 Å². The van der Waals surface area contributed by atoms with Gasteiger partial charge in [0.25, 0.3) is 0 Å². The summed E-state index contributed by atoms with van der Waals surface area (Å²) in [5, 5.41) is 5.12. The largest absolute Gasteiger partial charge is 0.455 e. The number of thiophene rings is 1. The van der Waals surface area contributed by atoms with Crippen molar-refractivity contribution in [2.45, 2.75) is 20.5 Å². The molecular formula is C22H20N2O3S. The van der Waals surface area contributed by atoms with Gasteiger partial charge in [-0.1, -0.05) is 42.0 Å². The molecule has 0 saturated carbocycles. The Morgan fingerprint density at radius 2 is 1.86 bits per heavy atom. The summed E-state index contributed by atoms with van der Waals surface area (Å²) in [6.07, 6.45) is 3.14. The second kappa shape index (κ2) is 9.10. The molecule has 0 atom stereocenters. The maximum atomic E-state index is 12.9. The summed E-state index contributed by atoms with van der Waals surface area (Å²) in [4.78, 5) is 29.2. The molecular weight excluding hydrogens is 372 g/mol. The summed E-state index contributed by atoms with van der Waals surface area (Å²) >= 11 is 1.30. The van der Waals surface area contributed by atoms with Crippen LogP contribution in [0.15, 0.2) is 71.8 Å². The van der Waals surface area contributed by atoms with Crippen LogP contribution in [0.4, 0.5) is 5.00 Å². The Bertz CT molecular complexity index is 991.